The molecule has 1 aromatic carbocycles. The standard InChI is InChI=1S/C13H14F2N2O/c1-16-6-9-7-17-13(18-8-12(14)15)11-5-3-2-4-10(9)11/h2-5,7,12,16H,6,8H2,1H3. The molecule has 0 aliphatic rings. The van der Waals surface area contributed by atoms with Crippen LogP contribution in [0.4, 0.5) is 8.78 Å². The van der Waals surface area contributed by atoms with Gasteiger partial charge in [0.25, 0.3) is 6.43 Å². The average molecular weight is 252 g/mol. The van der Waals surface area contributed by atoms with Gasteiger partial charge in [0.05, 0.1) is 0 Å². The highest BCUT2D eigenvalue weighted by Gasteiger charge is 2.10. The predicted octanol–water partition coefficient (Wildman–Crippen LogP) is 2.60. The van der Waals surface area contributed by atoms with E-state index >= 15 is 0 Å². The number of nitrogens with one attached hydrogen (secondary N) is 1. The van der Waals surface area contributed by atoms with E-state index in [0.29, 0.717) is 6.54 Å². The lowest BCUT2D eigenvalue weighted by Crippen LogP contribution is -2.10. The van der Waals surface area contributed by atoms with E-state index in [-0.39, 0.29) is 5.88 Å². The molecular weight excluding hydrogens is 238 g/mol. The summed E-state index contributed by atoms with van der Waals surface area (Å²) in [6.07, 6.45) is -0.845. The van der Waals surface area contributed by atoms with Crippen molar-refractivity contribution in [1.29, 1.82) is 0 Å². The zero-order chi connectivity index (χ0) is 13.0. The van der Waals surface area contributed by atoms with Gasteiger partial charge in [0.2, 0.25) is 5.88 Å². The van der Waals surface area contributed by atoms with E-state index in [9.17, 15) is 8.78 Å². The summed E-state index contributed by atoms with van der Waals surface area (Å²) < 4.78 is 29.3. The van der Waals surface area contributed by atoms with E-state index in [2.05, 4.69) is 10.3 Å². The third-order valence-corrected chi connectivity index (χ3v) is 2.55. The fourth-order valence-corrected chi connectivity index (χ4v) is 1.81. The third-order valence-electron chi connectivity index (χ3n) is 2.55. The Balaban J connectivity index is 2.40. The molecule has 0 spiro atoms. The lowest BCUT2D eigenvalue weighted by molar-refractivity contribution is 0.0804. The predicted molar refractivity (Wildman–Crippen MR) is 66.0 cm³/mol. The molecule has 1 N–H and O–H groups in total. The molecule has 3 nitrogen and oxygen atoms in total. The van der Waals surface area contributed by atoms with Crippen molar-refractivity contribution >= 4 is 10.8 Å². The monoisotopic (exact) mass is 252 g/mol. The van der Waals surface area contributed by atoms with Gasteiger partial charge in [-0.15, -0.1) is 0 Å². The highest BCUT2D eigenvalue weighted by Crippen LogP contribution is 2.26. The second-order valence-electron chi connectivity index (χ2n) is 3.87. The van der Waals surface area contributed by atoms with Crippen LogP contribution in [0.3, 0.4) is 0 Å². The van der Waals surface area contributed by atoms with E-state index in [1.807, 2.05) is 31.3 Å². The van der Waals surface area contributed by atoms with Gasteiger partial charge in [-0.05, 0) is 24.1 Å². The number of aromatic nitrogens is 1. The Labute approximate surface area is 104 Å². The minimum Gasteiger partial charge on any atom is -0.471 e. The van der Waals surface area contributed by atoms with Crippen molar-refractivity contribution < 1.29 is 13.5 Å². The molecule has 2 aromatic rings. The number of rotatable bonds is 5. The van der Waals surface area contributed by atoms with Crippen LogP contribution in [-0.2, 0) is 6.54 Å². The summed E-state index contributed by atoms with van der Waals surface area (Å²) in [5, 5.41) is 4.76. The van der Waals surface area contributed by atoms with E-state index in [1.165, 1.54) is 0 Å². The second-order valence-corrected chi connectivity index (χ2v) is 3.87. The maximum absolute atomic E-state index is 12.2. The Hall–Kier alpha value is -1.75. The van der Waals surface area contributed by atoms with Crippen LogP contribution < -0.4 is 10.1 Å². The van der Waals surface area contributed by atoms with Crippen molar-refractivity contribution in [3.63, 3.8) is 0 Å². The highest BCUT2D eigenvalue weighted by molar-refractivity contribution is 5.89. The van der Waals surface area contributed by atoms with Crippen LogP contribution >= 0.6 is 0 Å². The summed E-state index contributed by atoms with van der Waals surface area (Å²) >= 11 is 0. The molecule has 0 aliphatic carbocycles. The molecule has 1 heterocycles. The van der Waals surface area contributed by atoms with Crippen LogP contribution in [0.1, 0.15) is 5.56 Å². The number of alkyl halides is 2. The minimum atomic E-state index is -2.50. The SMILES string of the molecule is CNCc1cnc(OCC(F)F)c2ccccc12. The first kappa shape index (κ1) is 12.7. The molecule has 0 saturated heterocycles. The lowest BCUT2D eigenvalue weighted by atomic mass is 10.1. The fourth-order valence-electron chi connectivity index (χ4n) is 1.81. The number of ether oxygens (including phenoxy) is 1. The van der Waals surface area contributed by atoms with Crippen molar-refractivity contribution in [2.45, 2.75) is 13.0 Å². The van der Waals surface area contributed by atoms with Crippen LogP contribution in [0.15, 0.2) is 30.5 Å². The Kier molecular flexibility index (Phi) is 4.04. The first-order valence-electron chi connectivity index (χ1n) is 5.64. The average Bonchev–Trinajstić information content (AvgIpc) is 2.38. The van der Waals surface area contributed by atoms with Crippen molar-refractivity contribution in [3.8, 4) is 5.88 Å². The highest BCUT2D eigenvalue weighted by atomic mass is 19.3. The maximum atomic E-state index is 12.2. The van der Waals surface area contributed by atoms with Crippen LogP contribution in [0.5, 0.6) is 5.88 Å². The smallest absolute Gasteiger partial charge is 0.272 e. The molecule has 96 valence electrons. The summed E-state index contributed by atoms with van der Waals surface area (Å²) in [6, 6.07) is 7.49. The number of nitrogens with zero attached hydrogens (tertiary/aromatic N) is 1. The molecule has 0 amide bonds. The molecule has 0 saturated carbocycles. The first-order valence-corrected chi connectivity index (χ1v) is 5.64. The van der Waals surface area contributed by atoms with Crippen molar-refractivity contribution in [3.05, 3.63) is 36.0 Å². The van der Waals surface area contributed by atoms with Gasteiger partial charge >= 0.3 is 0 Å². The first-order chi connectivity index (χ1) is 8.72. The molecule has 0 atom stereocenters. The quantitative estimate of drug-likeness (QED) is 0.888. The van der Waals surface area contributed by atoms with Gasteiger partial charge in [0.1, 0.15) is 0 Å². The van der Waals surface area contributed by atoms with E-state index in [1.54, 1.807) is 6.20 Å². The Morgan fingerprint density at radius 1 is 1.28 bits per heavy atom. The number of hydrogen-bond acceptors (Lipinski definition) is 3. The van der Waals surface area contributed by atoms with Gasteiger partial charge in [0, 0.05) is 18.1 Å². The second kappa shape index (κ2) is 5.73. The van der Waals surface area contributed by atoms with Crippen LogP contribution in [-0.4, -0.2) is 25.1 Å². The zero-order valence-corrected chi connectivity index (χ0v) is 9.99. The Morgan fingerprint density at radius 3 is 2.67 bits per heavy atom. The van der Waals surface area contributed by atoms with Crippen molar-refractivity contribution in [2.75, 3.05) is 13.7 Å². The fraction of sp³-hybridized carbons (Fsp3) is 0.308. The van der Waals surface area contributed by atoms with Gasteiger partial charge in [-0.25, -0.2) is 13.8 Å². The van der Waals surface area contributed by atoms with Crippen LogP contribution in [0.25, 0.3) is 10.8 Å². The normalized spacial score (nSPS) is 11.1. The third kappa shape index (κ3) is 2.73. The van der Waals surface area contributed by atoms with Gasteiger partial charge in [-0.1, -0.05) is 18.2 Å². The Bertz CT molecular complexity index is 531. The summed E-state index contributed by atoms with van der Waals surface area (Å²) in [5.74, 6) is 0.255. The molecule has 18 heavy (non-hydrogen) atoms. The molecule has 5 heteroatoms. The van der Waals surface area contributed by atoms with Crippen LogP contribution in [0, 0.1) is 0 Å². The summed E-state index contributed by atoms with van der Waals surface area (Å²) in [7, 11) is 1.84. The van der Waals surface area contributed by atoms with Crippen molar-refractivity contribution in [2.24, 2.45) is 0 Å². The molecule has 0 bridgehead atoms. The van der Waals surface area contributed by atoms with Crippen molar-refractivity contribution in [1.82, 2.24) is 10.3 Å². The van der Waals surface area contributed by atoms with E-state index < -0.39 is 13.0 Å². The molecule has 0 aliphatic heterocycles. The lowest BCUT2D eigenvalue weighted by Gasteiger charge is -2.11. The molecule has 2 rings (SSSR count). The van der Waals surface area contributed by atoms with Gasteiger partial charge in [-0.3, -0.25) is 0 Å². The summed E-state index contributed by atoms with van der Waals surface area (Å²) in [5.41, 5.74) is 1.01. The van der Waals surface area contributed by atoms with Crippen LogP contribution in [0.2, 0.25) is 0 Å². The number of pyridine rings is 1. The van der Waals surface area contributed by atoms with Gasteiger partial charge in [0.15, 0.2) is 6.61 Å². The summed E-state index contributed by atoms with van der Waals surface area (Å²) in [4.78, 5) is 4.10. The zero-order valence-electron chi connectivity index (χ0n) is 9.99. The van der Waals surface area contributed by atoms with Gasteiger partial charge in [-0.2, -0.15) is 0 Å². The number of hydrogen-bond donors (Lipinski definition) is 1. The number of halogens is 2. The van der Waals surface area contributed by atoms with Gasteiger partial charge < -0.3 is 10.1 Å². The molecule has 0 unspecified atom stereocenters. The number of fused-ring (bicyclic) bond motifs is 1. The molecular formula is C13H14F2N2O. The molecule has 0 fully saturated rings. The van der Waals surface area contributed by atoms with E-state index in [4.69, 9.17) is 4.74 Å². The largest absolute Gasteiger partial charge is 0.471 e. The number of benzene rings is 1. The summed E-state index contributed by atoms with van der Waals surface area (Å²) in [6.45, 7) is 0.0327. The Morgan fingerprint density at radius 2 is 2.00 bits per heavy atom. The topological polar surface area (TPSA) is 34.2 Å². The molecule has 0 radical (unpaired) electrons. The van der Waals surface area contributed by atoms with E-state index in [0.717, 1.165) is 16.3 Å². The minimum absolute atomic E-state index is 0.255. The maximum Gasteiger partial charge on any atom is 0.272 e. The molecule has 1 aromatic heterocycles.